The first-order valence-corrected chi connectivity index (χ1v) is 11.3. The number of benzene rings is 1. The van der Waals surface area contributed by atoms with Crippen LogP contribution in [-0.2, 0) is 17.0 Å². The monoisotopic (exact) mass is 474 g/mol. The van der Waals surface area contributed by atoms with E-state index in [9.17, 15) is 32.3 Å². The molecule has 13 heteroatoms. The van der Waals surface area contributed by atoms with Crippen LogP contribution in [0.4, 0.5) is 24.0 Å². The molecule has 1 aromatic heterocycles. The van der Waals surface area contributed by atoms with Crippen LogP contribution in [-0.4, -0.2) is 63.7 Å². The maximum absolute atomic E-state index is 13.0. The third-order valence-electron chi connectivity index (χ3n) is 4.56. The minimum absolute atomic E-state index is 0.114. The number of fused-ring (bicyclic) bond motifs is 1. The molecule has 166 valence electrons. The molecule has 0 bridgehead atoms. The maximum atomic E-state index is 13.0. The summed E-state index contributed by atoms with van der Waals surface area (Å²) in [6, 6.07) is 1.01. The average Bonchev–Trinajstić information content (AvgIpc) is 2.70. The Morgan fingerprint density at radius 3 is 2.61 bits per heavy atom. The van der Waals surface area contributed by atoms with Crippen LogP contribution in [0, 0.1) is 22.0 Å². The fraction of sp³-hybridized carbons (Fsp3) is 0.444. The minimum atomic E-state index is -4.83. The molecule has 2 aromatic rings. The lowest BCUT2D eigenvalue weighted by Crippen LogP contribution is -2.37. The Bertz CT molecular complexity index is 1150. The van der Waals surface area contributed by atoms with Crippen molar-refractivity contribution in [2.75, 3.05) is 49.6 Å². The molecule has 8 nitrogen and oxygen atoms in total. The molecule has 0 spiro atoms. The Hall–Kier alpha value is -2.56. The van der Waals surface area contributed by atoms with E-state index in [1.807, 2.05) is 0 Å². The van der Waals surface area contributed by atoms with Crippen LogP contribution in [0.1, 0.15) is 5.56 Å². The quantitative estimate of drug-likeness (QED) is 0.380. The molecule has 1 aliphatic rings. The highest BCUT2D eigenvalue weighted by atomic mass is 32.2. The van der Waals surface area contributed by atoms with Crippen LogP contribution in [0.3, 0.4) is 0 Å². The molecule has 0 amide bonds. The van der Waals surface area contributed by atoms with E-state index < -0.39 is 44.1 Å². The highest BCUT2D eigenvalue weighted by Crippen LogP contribution is 2.38. The second-order valence-electron chi connectivity index (χ2n) is 6.76. The first-order valence-electron chi connectivity index (χ1n) is 9.01. The number of halogens is 3. The first kappa shape index (κ1) is 23.1. The van der Waals surface area contributed by atoms with E-state index in [1.165, 1.54) is 4.90 Å². The van der Waals surface area contributed by atoms with E-state index in [0.717, 1.165) is 11.3 Å². The van der Waals surface area contributed by atoms with Gasteiger partial charge in [-0.15, -0.1) is 0 Å². The summed E-state index contributed by atoms with van der Waals surface area (Å²) in [5.74, 6) is 7.13. The van der Waals surface area contributed by atoms with Crippen LogP contribution in [0.15, 0.2) is 16.9 Å². The molecule has 0 atom stereocenters. The molecule has 2 heterocycles. The summed E-state index contributed by atoms with van der Waals surface area (Å²) in [6.45, 7) is 2.07. The molecular formula is C18H17F3N4O4S2. The summed E-state index contributed by atoms with van der Waals surface area (Å²) < 4.78 is 50.3. The van der Waals surface area contributed by atoms with Crippen LogP contribution in [0.5, 0.6) is 0 Å². The van der Waals surface area contributed by atoms with E-state index in [-0.39, 0.29) is 16.4 Å². The van der Waals surface area contributed by atoms with Gasteiger partial charge in [0.2, 0.25) is 0 Å². The van der Waals surface area contributed by atoms with Gasteiger partial charge in [-0.05, 0) is 6.07 Å². The highest BCUT2D eigenvalue weighted by Gasteiger charge is 2.34. The Morgan fingerprint density at radius 2 is 2.00 bits per heavy atom. The highest BCUT2D eigenvalue weighted by molar-refractivity contribution is 7.85. The van der Waals surface area contributed by atoms with Gasteiger partial charge in [-0.25, -0.2) is 0 Å². The third-order valence-corrected chi connectivity index (χ3v) is 7.05. The molecule has 3 rings (SSSR count). The zero-order valence-electron chi connectivity index (χ0n) is 16.3. The lowest BCUT2D eigenvalue weighted by atomic mass is 10.1. The molecule has 1 aromatic carbocycles. The number of rotatable bonds is 4. The second kappa shape index (κ2) is 9.29. The predicted molar refractivity (Wildman–Crippen MR) is 113 cm³/mol. The topological polar surface area (TPSA) is 96.7 Å². The van der Waals surface area contributed by atoms with Gasteiger partial charge in [0.25, 0.3) is 11.2 Å². The molecule has 0 saturated carbocycles. The van der Waals surface area contributed by atoms with Crippen molar-refractivity contribution in [1.29, 1.82) is 0 Å². The van der Waals surface area contributed by atoms with Gasteiger partial charge in [0.1, 0.15) is 4.70 Å². The molecular weight excluding hydrogens is 457 g/mol. The van der Waals surface area contributed by atoms with E-state index >= 15 is 0 Å². The normalized spacial score (nSPS) is 15.5. The van der Waals surface area contributed by atoms with E-state index in [1.54, 1.807) is 7.05 Å². The van der Waals surface area contributed by atoms with Crippen LogP contribution in [0.2, 0.25) is 0 Å². The third kappa shape index (κ3) is 5.57. The minimum Gasteiger partial charge on any atom is -0.340 e. The van der Waals surface area contributed by atoms with Crippen molar-refractivity contribution in [3.8, 4) is 11.8 Å². The van der Waals surface area contributed by atoms with E-state index in [0.29, 0.717) is 43.3 Å². The second-order valence-corrected chi connectivity index (χ2v) is 9.44. The Morgan fingerprint density at radius 1 is 1.32 bits per heavy atom. The van der Waals surface area contributed by atoms with E-state index in [2.05, 4.69) is 21.7 Å². The zero-order chi connectivity index (χ0) is 22.8. The SMILES string of the molecule is CN(CC#CCN1CCS(=O)CC1)c1nc(=O)c2cc(C(F)(F)F)cc([N+](=O)[O-])c2s1. The molecule has 1 fully saturated rings. The number of nitrogens with zero attached hydrogens (tertiary/aromatic N) is 4. The lowest BCUT2D eigenvalue weighted by Gasteiger charge is -2.23. The van der Waals surface area contributed by atoms with Crippen molar-refractivity contribution < 1.29 is 22.3 Å². The van der Waals surface area contributed by atoms with Gasteiger partial charge in [0, 0.05) is 48.5 Å². The number of hydrogen-bond donors (Lipinski definition) is 0. The van der Waals surface area contributed by atoms with Gasteiger partial charge < -0.3 is 4.90 Å². The molecule has 0 unspecified atom stereocenters. The summed E-state index contributed by atoms with van der Waals surface area (Å²) in [4.78, 5) is 30.1. The smallest absolute Gasteiger partial charge is 0.340 e. The first-order chi connectivity index (χ1) is 14.6. The van der Waals surface area contributed by atoms with Crippen molar-refractivity contribution in [3.05, 3.63) is 38.2 Å². The van der Waals surface area contributed by atoms with Crippen molar-refractivity contribution in [2.45, 2.75) is 6.18 Å². The van der Waals surface area contributed by atoms with Crippen molar-refractivity contribution in [2.24, 2.45) is 0 Å². The molecule has 0 radical (unpaired) electrons. The Labute approximate surface area is 181 Å². The average molecular weight is 474 g/mol. The van der Waals surface area contributed by atoms with Crippen LogP contribution >= 0.6 is 11.3 Å². The predicted octanol–water partition coefficient (Wildman–Crippen LogP) is 2.09. The number of aromatic nitrogens is 1. The summed E-state index contributed by atoms with van der Waals surface area (Å²) in [7, 11) is 0.811. The summed E-state index contributed by atoms with van der Waals surface area (Å²) in [5, 5.41) is 11.0. The van der Waals surface area contributed by atoms with E-state index in [4.69, 9.17) is 0 Å². The van der Waals surface area contributed by atoms with Gasteiger partial charge in [0.15, 0.2) is 5.13 Å². The number of non-ortho nitro benzene ring substituents is 1. The fourth-order valence-corrected chi connectivity index (χ4v) is 5.00. The van der Waals surface area contributed by atoms with Crippen molar-refractivity contribution >= 4 is 43.0 Å². The van der Waals surface area contributed by atoms with Gasteiger partial charge in [-0.3, -0.25) is 24.0 Å². The molecule has 0 N–H and O–H groups in total. The van der Waals surface area contributed by atoms with Crippen molar-refractivity contribution in [3.63, 3.8) is 0 Å². The Kier molecular flexibility index (Phi) is 6.93. The van der Waals surface area contributed by atoms with Crippen molar-refractivity contribution in [1.82, 2.24) is 9.88 Å². The largest absolute Gasteiger partial charge is 0.416 e. The molecule has 1 aliphatic heterocycles. The van der Waals surface area contributed by atoms with Gasteiger partial charge >= 0.3 is 6.18 Å². The van der Waals surface area contributed by atoms with Gasteiger partial charge in [-0.1, -0.05) is 23.2 Å². The summed E-state index contributed by atoms with van der Waals surface area (Å²) >= 11 is 0.764. The molecule has 0 aliphatic carbocycles. The van der Waals surface area contributed by atoms with Gasteiger partial charge in [0.05, 0.1) is 29.0 Å². The number of anilines is 1. The number of nitro groups is 1. The summed E-state index contributed by atoms with van der Waals surface area (Å²) in [5.41, 5.74) is -3.04. The lowest BCUT2D eigenvalue weighted by molar-refractivity contribution is -0.383. The maximum Gasteiger partial charge on any atom is 0.416 e. The number of nitro benzene ring substituents is 1. The zero-order valence-corrected chi connectivity index (χ0v) is 17.9. The standard InChI is InChI=1S/C18H17F3N4O4S2/c1-23(4-2-3-5-24-6-8-31(29)9-7-24)17-22-16(26)13-10-12(18(19,20)21)11-14(25(27)28)15(13)30-17/h10-11H,4-9H2,1H3. The number of alkyl halides is 3. The fourth-order valence-electron chi connectivity index (χ4n) is 2.85. The van der Waals surface area contributed by atoms with Crippen LogP contribution in [0.25, 0.3) is 10.1 Å². The van der Waals surface area contributed by atoms with Crippen LogP contribution < -0.4 is 10.5 Å². The Balaban J connectivity index is 1.84. The molecule has 1 saturated heterocycles. The van der Waals surface area contributed by atoms with Gasteiger partial charge in [-0.2, -0.15) is 18.2 Å². The molecule has 31 heavy (non-hydrogen) atoms. The summed E-state index contributed by atoms with van der Waals surface area (Å²) in [6.07, 6.45) is -4.83. The number of hydrogen-bond acceptors (Lipinski definition) is 8.